The molecule has 1 aromatic rings. The van der Waals surface area contributed by atoms with E-state index in [-0.39, 0.29) is 11.6 Å². The van der Waals surface area contributed by atoms with Crippen LogP contribution in [0.15, 0.2) is 11.2 Å². The van der Waals surface area contributed by atoms with Crippen LogP contribution < -0.4 is 4.72 Å². The molecule has 1 aliphatic carbocycles. The molecule has 6 nitrogen and oxygen atoms in total. The summed E-state index contributed by atoms with van der Waals surface area (Å²) in [7, 11) is -3.66. The summed E-state index contributed by atoms with van der Waals surface area (Å²) in [5.41, 5.74) is -0.910. The second kappa shape index (κ2) is 6.46. The second-order valence-electron chi connectivity index (χ2n) is 5.93. The maximum atomic E-state index is 12.3. The van der Waals surface area contributed by atoms with Crippen molar-refractivity contribution in [3.05, 3.63) is 12.0 Å². The minimum absolute atomic E-state index is 0.0351. The lowest BCUT2D eigenvalue weighted by atomic mass is 9.85. The fraction of sp³-hybridized carbons (Fsp3) is 0.786. The Morgan fingerprint density at radius 1 is 1.38 bits per heavy atom. The van der Waals surface area contributed by atoms with Crippen molar-refractivity contribution < 1.29 is 13.5 Å². The lowest BCUT2D eigenvalue weighted by Crippen LogP contribution is -2.44. The number of nitrogens with zero attached hydrogens (tertiary/aromatic N) is 2. The predicted molar refractivity (Wildman–Crippen MR) is 80.5 cm³/mol. The van der Waals surface area contributed by atoms with Crippen LogP contribution in [0.3, 0.4) is 0 Å². The average Bonchev–Trinajstić information content (AvgIpc) is 2.81. The minimum atomic E-state index is -3.66. The topological polar surface area (TPSA) is 84.2 Å². The highest BCUT2D eigenvalue weighted by atomic mass is 32.2. The zero-order chi connectivity index (χ0) is 15.5. The molecule has 1 aromatic heterocycles. The van der Waals surface area contributed by atoms with E-state index in [1.54, 1.807) is 13.1 Å². The average molecular weight is 315 g/mol. The molecule has 2 rings (SSSR count). The molecule has 0 aromatic carbocycles. The van der Waals surface area contributed by atoms with E-state index in [2.05, 4.69) is 9.71 Å². The Labute approximate surface area is 126 Å². The van der Waals surface area contributed by atoms with E-state index >= 15 is 0 Å². The number of aromatic nitrogens is 2. The molecule has 0 aliphatic heterocycles. The van der Waals surface area contributed by atoms with Gasteiger partial charge in [0.05, 0.1) is 5.60 Å². The van der Waals surface area contributed by atoms with E-state index < -0.39 is 15.6 Å². The molecule has 1 saturated carbocycles. The molecule has 1 heterocycles. The molecule has 2 N–H and O–H groups in total. The van der Waals surface area contributed by atoms with Crippen molar-refractivity contribution in [3.8, 4) is 0 Å². The van der Waals surface area contributed by atoms with Crippen molar-refractivity contribution in [2.45, 2.75) is 69.5 Å². The number of nitrogens with one attached hydrogen (secondary N) is 1. The van der Waals surface area contributed by atoms with E-state index in [1.807, 2.05) is 11.5 Å². The van der Waals surface area contributed by atoms with Crippen LogP contribution in [0.25, 0.3) is 0 Å². The highest BCUT2D eigenvalue weighted by molar-refractivity contribution is 7.89. The SMILES string of the molecule is CCCn1cc(S(=O)(=O)NCC2(O)CCCCC2)nc1C. The summed E-state index contributed by atoms with van der Waals surface area (Å²) in [5, 5.41) is 10.4. The molecule has 21 heavy (non-hydrogen) atoms. The van der Waals surface area contributed by atoms with E-state index in [9.17, 15) is 13.5 Å². The van der Waals surface area contributed by atoms with Gasteiger partial charge in [-0.1, -0.05) is 26.2 Å². The lowest BCUT2D eigenvalue weighted by Gasteiger charge is -2.31. The molecular formula is C14H25N3O3S. The first-order valence-electron chi connectivity index (χ1n) is 7.62. The monoisotopic (exact) mass is 315 g/mol. The lowest BCUT2D eigenvalue weighted by molar-refractivity contribution is 0.00944. The molecule has 0 bridgehead atoms. The Kier molecular flexibility index (Phi) is 5.06. The molecule has 0 amide bonds. The van der Waals surface area contributed by atoms with Gasteiger partial charge in [0, 0.05) is 19.3 Å². The standard InChI is InChI=1S/C14H25N3O3S/c1-3-9-17-10-13(16-12(17)2)21(19,20)15-11-14(18)7-5-4-6-8-14/h10,15,18H,3-9,11H2,1-2H3. The zero-order valence-corrected chi connectivity index (χ0v) is 13.6. The molecule has 1 fully saturated rings. The van der Waals surface area contributed by atoms with E-state index in [4.69, 9.17) is 0 Å². The zero-order valence-electron chi connectivity index (χ0n) is 12.8. The normalized spacial score (nSPS) is 18.8. The second-order valence-corrected chi connectivity index (χ2v) is 7.64. The van der Waals surface area contributed by atoms with Crippen molar-refractivity contribution in [2.75, 3.05) is 6.54 Å². The first-order chi connectivity index (χ1) is 9.86. The first kappa shape index (κ1) is 16.5. The largest absolute Gasteiger partial charge is 0.389 e. The van der Waals surface area contributed by atoms with Gasteiger partial charge >= 0.3 is 0 Å². The third-order valence-corrected chi connectivity index (χ3v) is 5.34. The van der Waals surface area contributed by atoms with Crippen molar-refractivity contribution in [1.82, 2.24) is 14.3 Å². The Bertz CT molecular complexity index is 574. The number of sulfonamides is 1. The van der Waals surface area contributed by atoms with Crippen molar-refractivity contribution in [3.63, 3.8) is 0 Å². The van der Waals surface area contributed by atoms with Gasteiger partial charge in [-0.3, -0.25) is 0 Å². The molecule has 0 atom stereocenters. The van der Waals surface area contributed by atoms with Gasteiger partial charge in [-0.05, 0) is 26.2 Å². The number of hydrogen-bond donors (Lipinski definition) is 2. The molecule has 120 valence electrons. The Balaban J connectivity index is 2.06. The van der Waals surface area contributed by atoms with Gasteiger partial charge in [0.15, 0.2) is 5.03 Å². The number of aliphatic hydroxyl groups is 1. The fourth-order valence-corrected chi connectivity index (χ4v) is 3.89. The maximum absolute atomic E-state index is 12.3. The van der Waals surface area contributed by atoms with Crippen molar-refractivity contribution in [1.29, 1.82) is 0 Å². The van der Waals surface area contributed by atoms with Crippen LogP contribution in [0.2, 0.25) is 0 Å². The summed E-state index contributed by atoms with van der Waals surface area (Å²) >= 11 is 0. The first-order valence-corrected chi connectivity index (χ1v) is 9.10. The summed E-state index contributed by atoms with van der Waals surface area (Å²) in [5.74, 6) is 0.689. The molecule has 7 heteroatoms. The quantitative estimate of drug-likeness (QED) is 0.834. The third-order valence-electron chi connectivity index (χ3n) is 4.07. The van der Waals surface area contributed by atoms with E-state index in [0.717, 1.165) is 32.2 Å². The van der Waals surface area contributed by atoms with Gasteiger partial charge in [-0.25, -0.2) is 18.1 Å². The molecule has 0 radical (unpaired) electrons. The predicted octanol–water partition coefficient (Wildman–Crippen LogP) is 1.58. The molecule has 0 unspecified atom stereocenters. The number of hydrogen-bond acceptors (Lipinski definition) is 4. The van der Waals surface area contributed by atoms with Gasteiger partial charge in [-0.15, -0.1) is 0 Å². The van der Waals surface area contributed by atoms with Gasteiger partial charge in [0.2, 0.25) is 0 Å². The molecule has 1 aliphatic rings. The number of imidazole rings is 1. The van der Waals surface area contributed by atoms with Crippen LogP contribution in [0.5, 0.6) is 0 Å². The van der Waals surface area contributed by atoms with Gasteiger partial charge in [0.1, 0.15) is 5.82 Å². The van der Waals surface area contributed by atoms with Crippen LogP contribution in [-0.2, 0) is 16.6 Å². The third kappa shape index (κ3) is 4.05. The summed E-state index contributed by atoms with van der Waals surface area (Å²) in [6, 6.07) is 0. The van der Waals surface area contributed by atoms with Crippen molar-refractivity contribution in [2.24, 2.45) is 0 Å². The Hall–Kier alpha value is -0.920. The summed E-state index contributed by atoms with van der Waals surface area (Å²) in [4.78, 5) is 4.12. The van der Waals surface area contributed by atoms with Gasteiger partial charge in [-0.2, -0.15) is 0 Å². The van der Waals surface area contributed by atoms with Crippen LogP contribution in [0, 0.1) is 6.92 Å². The summed E-state index contributed by atoms with van der Waals surface area (Å²) in [6.07, 6.45) is 6.79. The molecule has 0 spiro atoms. The smallest absolute Gasteiger partial charge is 0.259 e. The number of aryl methyl sites for hydroxylation is 2. The fourth-order valence-electron chi connectivity index (χ4n) is 2.77. The van der Waals surface area contributed by atoms with E-state index in [1.165, 1.54) is 0 Å². The summed E-state index contributed by atoms with van der Waals surface area (Å²) in [6.45, 7) is 4.64. The van der Waals surface area contributed by atoms with Crippen LogP contribution in [0.1, 0.15) is 51.3 Å². The van der Waals surface area contributed by atoms with Crippen LogP contribution >= 0.6 is 0 Å². The Morgan fingerprint density at radius 3 is 2.67 bits per heavy atom. The molecular weight excluding hydrogens is 290 g/mol. The van der Waals surface area contributed by atoms with Gasteiger partial charge < -0.3 is 9.67 Å². The maximum Gasteiger partial charge on any atom is 0.259 e. The summed E-state index contributed by atoms with van der Waals surface area (Å²) < 4.78 is 28.9. The Morgan fingerprint density at radius 2 is 2.05 bits per heavy atom. The highest BCUT2D eigenvalue weighted by Crippen LogP contribution is 2.27. The van der Waals surface area contributed by atoms with E-state index in [0.29, 0.717) is 18.7 Å². The van der Waals surface area contributed by atoms with Gasteiger partial charge in [0.25, 0.3) is 10.0 Å². The number of rotatable bonds is 6. The highest BCUT2D eigenvalue weighted by Gasteiger charge is 2.31. The van der Waals surface area contributed by atoms with Crippen molar-refractivity contribution >= 4 is 10.0 Å². The van der Waals surface area contributed by atoms with Crippen LogP contribution in [0.4, 0.5) is 0 Å². The van der Waals surface area contributed by atoms with Crippen LogP contribution in [-0.4, -0.2) is 35.2 Å². The minimum Gasteiger partial charge on any atom is -0.389 e. The molecule has 0 saturated heterocycles.